The maximum Gasteiger partial charge on any atom is 0.226 e. The van der Waals surface area contributed by atoms with E-state index in [1.807, 2.05) is 24.3 Å². The van der Waals surface area contributed by atoms with E-state index in [1.165, 1.54) is 0 Å². The molecule has 0 aliphatic rings. The second-order valence-electron chi connectivity index (χ2n) is 7.47. The zero-order valence-electron chi connectivity index (χ0n) is 19.6. The van der Waals surface area contributed by atoms with Gasteiger partial charge in [-0.3, -0.25) is 9.97 Å². The van der Waals surface area contributed by atoms with Gasteiger partial charge in [0.2, 0.25) is 22.2 Å². The van der Waals surface area contributed by atoms with Crippen LogP contribution < -0.4 is 21.1 Å². The monoisotopic (exact) mass is 568 g/mol. The number of hydrazine groups is 1. The lowest BCUT2D eigenvalue weighted by Gasteiger charge is -2.19. The highest BCUT2D eigenvalue weighted by atomic mass is 35.5. The van der Waals surface area contributed by atoms with Crippen LogP contribution in [0.1, 0.15) is 11.1 Å². The standard InChI is InChI=1S/C11H9Cl2FN4.C11H12ClFN6/c1-18(6-7-2-4-15-5-3-7)10-8(14)9(12)16-11(13)17-10;1-19(6-7-2-4-15-5-3-7)10-8(13)9(18-14)16-11(12)17-10/h2-5H,6H2,1H3;2-5H,6,14H2,1H3,(H,16,17,18). The average molecular weight is 570 g/mol. The van der Waals surface area contributed by atoms with Gasteiger partial charge in [0.1, 0.15) is 0 Å². The molecule has 0 fully saturated rings. The quantitative estimate of drug-likeness (QED) is 0.142. The second kappa shape index (κ2) is 13.2. The first-order valence-corrected chi connectivity index (χ1v) is 11.6. The van der Waals surface area contributed by atoms with E-state index in [1.54, 1.807) is 48.7 Å². The molecule has 15 heteroatoms. The molecule has 0 aliphatic carbocycles. The third kappa shape index (κ3) is 7.76. The molecule has 4 aromatic heterocycles. The number of nitrogens with two attached hydrogens (primary N) is 1. The fraction of sp³-hybridized carbons (Fsp3) is 0.182. The zero-order valence-corrected chi connectivity index (χ0v) is 21.8. The van der Waals surface area contributed by atoms with Gasteiger partial charge in [0, 0.05) is 52.0 Å². The molecule has 4 aromatic rings. The molecule has 3 N–H and O–H groups in total. The number of rotatable bonds is 7. The molecule has 0 aromatic carbocycles. The molecule has 4 heterocycles. The summed E-state index contributed by atoms with van der Waals surface area (Å²) in [5.41, 5.74) is 4.08. The summed E-state index contributed by atoms with van der Waals surface area (Å²) < 4.78 is 27.8. The van der Waals surface area contributed by atoms with Crippen molar-refractivity contribution in [3.05, 3.63) is 87.5 Å². The first kappa shape index (κ1) is 28.1. The van der Waals surface area contributed by atoms with E-state index in [0.717, 1.165) is 11.1 Å². The summed E-state index contributed by atoms with van der Waals surface area (Å²) in [5.74, 6) is 3.84. The van der Waals surface area contributed by atoms with Crippen LogP contribution in [-0.4, -0.2) is 44.0 Å². The number of halogens is 5. The molecule has 4 rings (SSSR count). The lowest BCUT2D eigenvalue weighted by molar-refractivity contribution is 0.607. The molecule has 37 heavy (non-hydrogen) atoms. The summed E-state index contributed by atoms with van der Waals surface area (Å²) >= 11 is 17.0. The van der Waals surface area contributed by atoms with Crippen LogP contribution in [0.25, 0.3) is 0 Å². The summed E-state index contributed by atoms with van der Waals surface area (Å²) in [6, 6.07) is 7.33. The Hall–Kier alpha value is -3.45. The number of nitrogen functional groups attached to an aromatic ring is 1. The van der Waals surface area contributed by atoms with Crippen LogP contribution in [-0.2, 0) is 13.1 Å². The molecule has 0 bridgehead atoms. The van der Waals surface area contributed by atoms with Crippen molar-refractivity contribution >= 4 is 52.3 Å². The Morgan fingerprint density at radius 1 is 0.730 bits per heavy atom. The third-order valence-corrected chi connectivity index (χ3v) is 5.36. The highest BCUT2D eigenvalue weighted by Gasteiger charge is 2.17. The van der Waals surface area contributed by atoms with Crippen molar-refractivity contribution in [1.29, 1.82) is 0 Å². The predicted octanol–water partition coefficient (Wildman–Crippen LogP) is 4.54. The van der Waals surface area contributed by atoms with Crippen molar-refractivity contribution < 1.29 is 8.78 Å². The number of anilines is 3. The van der Waals surface area contributed by atoms with Crippen LogP contribution >= 0.6 is 34.8 Å². The van der Waals surface area contributed by atoms with E-state index in [2.05, 4.69) is 35.3 Å². The highest BCUT2D eigenvalue weighted by Crippen LogP contribution is 2.25. The minimum Gasteiger partial charge on any atom is -0.353 e. The lowest BCUT2D eigenvalue weighted by Crippen LogP contribution is -2.21. The van der Waals surface area contributed by atoms with Crippen molar-refractivity contribution in [3.63, 3.8) is 0 Å². The van der Waals surface area contributed by atoms with E-state index >= 15 is 0 Å². The van der Waals surface area contributed by atoms with Crippen molar-refractivity contribution in [2.45, 2.75) is 13.1 Å². The first-order valence-electron chi connectivity index (χ1n) is 10.5. The number of hydrogen-bond acceptors (Lipinski definition) is 10. The molecular formula is C22H21Cl3F2N10. The van der Waals surface area contributed by atoms with Crippen molar-refractivity contribution in [3.8, 4) is 0 Å². The Labute approximate surface area is 226 Å². The van der Waals surface area contributed by atoms with Crippen molar-refractivity contribution in [2.24, 2.45) is 5.84 Å². The molecule has 0 spiro atoms. The molecule has 0 aliphatic heterocycles. The summed E-state index contributed by atoms with van der Waals surface area (Å²) in [5, 5.41) is -0.449. The SMILES string of the molecule is CN(Cc1ccncc1)c1nc(Cl)nc(Cl)c1F.CN(Cc1ccncc1)c1nc(Cl)nc(NN)c1F. The van der Waals surface area contributed by atoms with Crippen molar-refractivity contribution in [2.75, 3.05) is 29.3 Å². The summed E-state index contributed by atoms with van der Waals surface area (Å²) in [6.07, 6.45) is 6.66. The number of pyridine rings is 2. The van der Waals surface area contributed by atoms with E-state index in [4.69, 9.17) is 40.6 Å². The number of nitrogens with zero attached hydrogens (tertiary/aromatic N) is 8. The smallest absolute Gasteiger partial charge is 0.226 e. The molecule has 0 amide bonds. The van der Waals surface area contributed by atoms with Gasteiger partial charge >= 0.3 is 0 Å². The van der Waals surface area contributed by atoms with Gasteiger partial charge in [-0.25, -0.2) is 10.8 Å². The molecule has 10 nitrogen and oxygen atoms in total. The largest absolute Gasteiger partial charge is 0.353 e. The van der Waals surface area contributed by atoms with E-state index in [9.17, 15) is 8.78 Å². The molecule has 0 atom stereocenters. The minimum absolute atomic E-state index is 0.0665. The van der Waals surface area contributed by atoms with Crippen LogP contribution in [0.4, 0.5) is 26.2 Å². The number of hydrogen-bond donors (Lipinski definition) is 2. The zero-order chi connectivity index (χ0) is 26.9. The van der Waals surface area contributed by atoms with Gasteiger partial charge in [-0.15, -0.1) is 0 Å². The van der Waals surface area contributed by atoms with Gasteiger partial charge in [0.25, 0.3) is 0 Å². The van der Waals surface area contributed by atoms with E-state index < -0.39 is 11.6 Å². The van der Waals surface area contributed by atoms with E-state index in [-0.39, 0.29) is 33.2 Å². The number of nitrogens with one attached hydrogen (secondary N) is 1. The summed E-state index contributed by atoms with van der Waals surface area (Å²) in [4.78, 5) is 25.9. The lowest BCUT2D eigenvalue weighted by atomic mass is 10.2. The van der Waals surface area contributed by atoms with Gasteiger partial charge in [-0.2, -0.15) is 23.7 Å². The Balaban J connectivity index is 0.000000206. The molecule has 194 valence electrons. The van der Waals surface area contributed by atoms with Gasteiger partial charge in [-0.05, 0) is 58.6 Å². The topological polar surface area (TPSA) is 122 Å². The molecule has 0 unspecified atom stereocenters. The van der Waals surface area contributed by atoms with Gasteiger partial charge in [-0.1, -0.05) is 11.6 Å². The minimum atomic E-state index is -0.683. The fourth-order valence-electron chi connectivity index (χ4n) is 3.07. The van der Waals surface area contributed by atoms with Crippen LogP contribution in [0.3, 0.4) is 0 Å². The maximum atomic E-state index is 14.0. The fourth-order valence-corrected chi connectivity index (χ4v) is 3.60. The molecular weight excluding hydrogens is 549 g/mol. The Morgan fingerprint density at radius 3 is 1.62 bits per heavy atom. The molecule has 0 saturated carbocycles. The Bertz CT molecular complexity index is 1320. The summed E-state index contributed by atoms with van der Waals surface area (Å²) in [7, 11) is 3.39. The molecule has 0 saturated heterocycles. The van der Waals surface area contributed by atoms with E-state index in [0.29, 0.717) is 13.1 Å². The Kier molecular flexibility index (Phi) is 10.0. The predicted molar refractivity (Wildman–Crippen MR) is 140 cm³/mol. The highest BCUT2D eigenvalue weighted by molar-refractivity contribution is 6.32. The number of aromatic nitrogens is 6. The summed E-state index contributed by atoms with van der Waals surface area (Å²) in [6.45, 7) is 0.917. The van der Waals surface area contributed by atoms with Crippen LogP contribution in [0.5, 0.6) is 0 Å². The Morgan fingerprint density at radius 2 is 1.16 bits per heavy atom. The van der Waals surface area contributed by atoms with Crippen LogP contribution in [0.2, 0.25) is 15.7 Å². The van der Waals surface area contributed by atoms with Crippen molar-refractivity contribution in [1.82, 2.24) is 29.9 Å². The average Bonchev–Trinajstić information content (AvgIpc) is 2.88. The normalized spacial score (nSPS) is 10.4. The maximum absolute atomic E-state index is 14.0. The van der Waals surface area contributed by atoms with Gasteiger partial charge < -0.3 is 15.2 Å². The molecule has 0 radical (unpaired) electrons. The third-order valence-electron chi connectivity index (χ3n) is 4.77. The van der Waals surface area contributed by atoms with Crippen LogP contribution in [0.15, 0.2) is 49.1 Å². The van der Waals surface area contributed by atoms with Crippen LogP contribution in [0, 0.1) is 11.6 Å². The first-order chi connectivity index (χ1) is 17.7. The second-order valence-corrected chi connectivity index (χ2v) is 8.50. The van der Waals surface area contributed by atoms with Gasteiger partial charge in [0.05, 0.1) is 0 Å². The van der Waals surface area contributed by atoms with Gasteiger partial charge in [0.15, 0.2) is 22.6 Å².